The largest absolute Gasteiger partial charge is 0.394 e. The van der Waals surface area contributed by atoms with E-state index in [9.17, 15) is 0 Å². The van der Waals surface area contributed by atoms with E-state index >= 15 is 0 Å². The number of methoxy groups -OCH3 is 1. The first-order valence-corrected chi connectivity index (χ1v) is 3.60. The first kappa shape index (κ1) is 10.4. The highest BCUT2D eigenvalue weighted by Crippen LogP contribution is 1.81. The van der Waals surface area contributed by atoms with E-state index in [1.807, 2.05) is 14.0 Å². The predicted molar refractivity (Wildman–Crippen MR) is 44.9 cm³/mol. The number of hydrogen-bond acceptors (Lipinski definition) is 4. The van der Waals surface area contributed by atoms with Crippen LogP contribution in [0.15, 0.2) is 5.16 Å². The van der Waals surface area contributed by atoms with Crippen molar-refractivity contribution in [1.29, 1.82) is 0 Å². The molecule has 0 heterocycles. The van der Waals surface area contributed by atoms with Crippen molar-refractivity contribution >= 4 is 5.71 Å². The Hall–Kier alpha value is -0.610. The summed E-state index contributed by atoms with van der Waals surface area (Å²) in [5, 5.41) is 6.75. The summed E-state index contributed by atoms with van der Waals surface area (Å²) in [7, 11) is 3.50. The molecule has 0 aromatic rings. The molecular weight excluding hydrogens is 144 g/mol. The van der Waals surface area contributed by atoms with Gasteiger partial charge in [0, 0.05) is 13.7 Å². The number of nitrogens with zero attached hydrogens (tertiary/aromatic N) is 1. The molecule has 0 atom stereocenters. The summed E-state index contributed by atoms with van der Waals surface area (Å²) >= 11 is 0. The second-order valence-electron chi connectivity index (χ2n) is 2.20. The van der Waals surface area contributed by atoms with Gasteiger partial charge in [0.25, 0.3) is 0 Å². The molecule has 0 aliphatic heterocycles. The normalized spacial score (nSPS) is 11.7. The van der Waals surface area contributed by atoms with E-state index in [1.165, 1.54) is 0 Å². The van der Waals surface area contributed by atoms with Crippen molar-refractivity contribution < 1.29 is 9.57 Å². The van der Waals surface area contributed by atoms with E-state index in [0.29, 0.717) is 13.2 Å². The summed E-state index contributed by atoms with van der Waals surface area (Å²) < 4.78 is 4.83. The lowest BCUT2D eigenvalue weighted by molar-refractivity contribution is 0.143. The Kier molecular flexibility index (Phi) is 7.08. The lowest BCUT2D eigenvalue weighted by atomic mass is 10.5. The van der Waals surface area contributed by atoms with Gasteiger partial charge in [0.1, 0.15) is 6.61 Å². The molecule has 11 heavy (non-hydrogen) atoms. The maximum absolute atomic E-state index is 4.93. The third-order valence-corrected chi connectivity index (χ3v) is 1.02. The molecule has 0 saturated carbocycles. The molecule has 0 aromatic heterocycles. The Morgan fingerprint density at radius 1 is 1.55 bits per heavy atom. The molecule has 0 bridgehead atoms. The van der Waals surface area contributed by atoms with Gasteiger partial charge in [-0.1, -0.05) is 5.16 Å². The Balaban J connectivity index is 3.24. The van der Waals surface area contributed by atoms with E-state index in [2.05, 4.69) is 10.5 Å². The molecule has 0 amide bonds. The number of rotatable bonds is 6. The number of oxime groups is 1. The highest BCUT2D eigenvalue weighted by Gasteiger charge is 1.88. The highest BCUT2D eigenvalue weighted by molar-refractivity contribution is 5.82. The van der Waals surface area contributed by atoms with Crippen LogP contribution in [0.25, 0.3) is 0 Å². The predicted octanol–water partition coefficient (Wildman–Crippen LogP) is 0.245. The van der Waals surface area contributed by atoms with Crippen molar-refractivity contribution in [2.75, 3.05) is 33.9 Å². The standard InChI is InChI=1S/C7H16N2O2/c1-7(6-10-3)9-11-5-4-8-2/h8H,4-6H2,1-3H3/b9-7-. The van der Waals surface area contributed by atoms with Gasteiger partial charge in [-0.3, -0.25) is 0 Å². The summed E-state index contributed by atoms with van der Waals surface area (Å²) in [6, 6.07) is 0. The second-order valence-corrected chi connectivity index (χ2v) is 2.20. The van der Waals surface area contributed by atoms with Crippen molar-refractivity contribution in [1.82, 2.24) is 5.32 Å². The van der Waals surface area contributed by atoms with Crippen LogP contribution in [0, 0.1) is 0 Å². The molecule has 4 heteroatoms. The van der Waals surface area contributed by atoms with E-state index in [4.69, 9.17) is 9.57 Å². The molecule has 0 fully saturated rings. The monoisotopic (exact) mass is 160 g/mol. The molecule has 1 N–H and O–H groups in total. The summed E-state index contributed by atoms with van der Waals surface area (Å²) in [5.41, 5.74) is 0.851. The van der Waals surface area contributed by atoms with Gasteiger partial charge >= 0.3 is 0 Å². The van der Waals surface area contributed by atoms with Crippen molar-refractivity contribution in [3.8, 4) is 0 Å². The molecule has 0 aromatic carbocycles. The molecule has 0 spiro atoms. The quantitative estimate of drug-likeness (QED) is 0.344. The smallest absolute Gasteiger partial charge is 0.129 e. The van der Waals surface area contributed by atoms with Crippen LogP contribution in [-0.2, 0) is 9.57 Å². The summed E-state index contributed by atoms with van der Waals surface area (Å²) in [6.45, 7) is 3.80. The summed E-state index contributed by atoms with van der Waals surface area (Å²) in [5.74, 6) is 0. The maximum Gasteiger partial charge on any atom is 0.129 e. The fourth-order valence-corrected chi connectivity index (χ4v) is 0.539. The van der Waals surface area contributed by atoms with Crippen LogP contribution in [0.3, 0.4) is 0 Å². The van der Waals surface area contributed by atoms with Crippen LogP contribution in [0.2, 0.25) is 0 Å². The van der Waals surface area contributed by atoms with Crippen molar-refractivity contribution in [2.24, 2.45) is 5.16 Å². The van der Waals surface area contributed by atoms with Crippen LogP contribution in [0.4, 0.5) is 0 Å². The van der Waals surface area contributed by atoms with Crippen LogP contribution in [0.1, 0.15) is 6.92 Å². The van der Waals surface area contributed by atoms with Crippen LogP contribution in [0.5, 0.6) is 0 Å². The fraction of sp³-hybridized carbons (Fsp3) is 0.857. The molecule has 0 rings (SSSR count). The minimum Gasteiger partial charge on any atom is -0.394 e. The SMILES string of the molecule is CNCCO/N=C(/C)COC. The molecule has 66 valence electrons. The van der Waals surface area contributed by atoms with Crippen LogP contribution < -0.4 is 5.32 Å². The first-order chi connectivity index (χ1) is 5.31. The zero-order valence-electron chi connectivity index (χ0n) is 7.39. The van der Waals surface area contributed by atoms with E-state index < -0.39 is 0 Å². The van der Waals surface area contributed by atoms with Gasteiger partial charge < -0.3 is 14.9 Å². The average Bonchev–Trinajstić information content (AvgIpc) is 1.99. The zero-order valence-corrected chi connectivity index (χ0v) is 7.39. The third kappa shape index (κ3) is 7.29. The lowest BCUT2D eigenvalue weighted by Crippen LogP contribution is -2.13. The van der Waals surface area contributed by atoms with Gasteiger partial charge in [0.05, 0.1) is 12.3 Å². The number of hydrogen-bond donors (Lipinski definition) is 1. The van der Waals surface area contributed by atoms with Crippen molar-refractivity contribution in [3.05, 3.63) is 0 Å². The number of ether oxygens (including phenoxy) is 1. The van der Waals surface area contributed by atoms with E-state index in [-0.39, 0.29) is 0 Å². The molecule has 0 aliphatic rings. The topological polar surface area (TPSA) is 42.8 Å². The molecule has 4 nitrogen and oxygen atoms in total. The van der Waals surface area contributed by atoms with Gasteiger partial charge in [0.15, 0.2) is 0 Å². The fourth-order valence-electron chi connectivity index (χ4n) is 0.539. The van der Waals surface area contributed by atoms with Gasteiger partial charge in [0.2, 0.25) is 0 Å². The Morgan fingerprint density at radius 3 is 2.82 bits per heavy atom. The second kappa shape index (κ2) is 7.50. The molecule has 0 unspecified atom stereocenters. The van der Waals surface area contributed by atoms with Crippen LogP contribution in [-0.4, -0.2) is 39.6 Å². The van der Waals surface area contributed by atoms with Crippen LogP contribution >= 0.6 is 0 Å². The summed E-state index contributed by atoms with van der Waals surface area (Å²) in [6.07, 6.45) is 0. The van der Waals surface area contributed by atoms with Crippen molar-refractivity contribution in [2.45, 2.75) is 6.92 Å². The number of nitrogens with one attached hydrogen (secondary N) is 1. The minimum atomic E-state index is 0.527. The van der Waals surface area contributed by atoms with E-state index in [1.54, 1.807) is 7.11 Å². The molecule has 0 radical (unpaired) electrons. The number of likely N-dealkylation sites (N-methyl/N-ethyl adjacent to an activating group) is 1. The summed E-state index contributed by atoms with van der Waals surface area (Å²) in [4.78, 5) is 4.93. The zero-order chi connectivity index (χ0) is 8.53. The molecule has 0 saturated heterocycles. The Bertz CT molecular complexity index is 115. The third-order valence-electron chi connectivity index (χ3n) is 1.02. The Labute approximate surface area is 67.6 Å². The van der Waals surface area contributed by atoms with Gasteiger partial charge in [-0.2, -0.15) is 0 Å². The Morgan fingerprint density at radius 2 is 2.27 bits per heavy atom. The van der Waals surface area contributed by atoms with E-state index in [0.717, 1.165) is 12.3 Å². The average molecular weight is 160 g/mol. The molecular formula is C7H16N2O2. The van der Waals surface area contributed by atoms with Gasteiger partial charge in [-0.05, 0) is 14.0 Å². The van der Waals surface area contributed by atoms with Gasteiger partial charge in [-0.15, -0.1) is 0 Å². The van der Waals surface area contributed by atoms with Gasteiger partial charge in [-0.25, -0.2) is 0 Å². The first-order valence-electron chi connectivity index (χ1n) is 3.60. The van der Waals surface area contributed by atoms with Crippen molar-refractivity contribution in [3.63, 3.8) is 0 Å². The highest BCUT2D eigenvalue weighted by atomic mass is 16.6. The molecule has 0 aliphatic carbocycles. The minimum absolute atomic E-state index is 0.527. The lowest BCUT2D eigenvalue weighted by Gasteiger charge is -2.00. The maximum atomic E-state index is 4.93.